The Bertz CT molecular complexity index is 558. The highest BCUT2D eigenvalue weighted by molar-refractivity contribution is 5.85. The van der Waals surface area contributed by atoms with Crippen LogP contribution in [0.2, 0.25) is 0 Å². The fraction of sp³-hybridized carbons (Fsp3) is 0.471. The normalized spacial score (nSPS) is 20.4. The fourth-order valence-corrected chi connectivity index (χ4v) is 3.06. The molecule has 0 aliphatic carbocycles. The van der Waals surface area contributed by atoms with E-state index < -0.39 is 0 Å². The summed E-state index contributed by atoms with van der Waals surface area (Å²) in [6.07, 6.45) is 6.12. The Morgan fingerprint density at radius 2 is 2.35 bits per heavy atom. The Morgan fingerprint density at radius 3 is 3.15 bits per heavy atom. The Morgan fingerprint density at radius 1 is 1.40 bits per heavy atom. The van der Waals surface area contributed by atoms with Crippen molar-refractivity contribution in [1.82, 2.24) is 10.3 Å². The maximum atomic E-state index is 5.60. The van der Waals surface area contributed by atoms with Crippen LogP contribution < -0.4 is 5.32 Å². The van der Waals surface area contributed by atoms with E-state index in [0.717, 1.165) is 32.6 Å². The third-order valence-electron chi connectivity index (χ3n) is 4.10. The maximum absolute atomic E-state index is 5.60. The number of nitrogens with zero attached hydrogens (tertiary/aromatic N) is 1. The number of hydrogen-bond donors (Lipinski definition) is 1. The molecule has 2 heterocycles. The molecule has 106 valence electrons. The summed E-state index contributed by atoms with van der Waals surface area (Å²) in [4.78, 5) is 4.23. The number of pyridine rings is 1. The molecule has 0 spiro atoms. The minimum absolute atomic E-state index is 0.378. The summed E-state index contributed by atoms with van der Waals surface area (Å²) in [6.45, 7) is 5.01. The predicted octanol–water partition coefficient (Wildman–Crippen LogP) is 3.31. The Hall–Kier alpha value is -1.45. The number of nitrogens with one attached hydrogen (secondary N) is 1. The molecule has 2 atom stereocenters. The van der Waals surface area contributed by atoms with E-state index >= 15 is 0 Å². The fourth-order valence-electron chi connectivity index (χ4n) is 3.06. The van der Waals surface area contributed by atoms with Crippen molar-refractivity contribution in [3.8, 4) is 0 Å². The van der Waals surface area contributed by atoms with Crippen molar-refractivity contribution < 1.29 is 4.74 Å². The van der Waals surface area contributed by atoms with E-state index in [9.17, 15) is 0 Å². The molecule has 1 fully saturated rings. The van der Waals surface area contributed by atoms with Crippen LogP contribution in [0.1, 0.15) is 31.4 Å². The van der Waals surface area contributed by atoms with Crippen LogP contribution >= 0.6 is 0 Å². The lowest BCUT2D eigenvalue weighted by Crippen LogP contribution is -2.29. The number of fused-ring (bicyclic) bond motifs is 1. The molecular weight excluding hydrogens is 248 g/mol. The molecule has 0 saturated carbocycles. The first-order valence-corrected chi connectivity index (χ1v) is 7.54. The van der Waals surface area contributed by atoms with E-state index in [2.05, 4.69) is 41.5 Å². The summed E-state index contributed by atoms with van der Waals surface area (Å²) < 4.78 is 5.60. The van der Waals surface area contributed by atoms with Gasteiger partial charge in [0.15, 0.2) is 0 Å². The first-order chi connectivity index (χ1) is 9.90. The molecule has 1 N–H and O–H groups in total. The topological polar surface area (TPSA) is 34.2 Å². The van der Waals surface area contributed by atoms with E-state index in [1.807, 2.05) is 12.4 Å². The molecule has 1 aliphatic rings. The first kappa shape index (κ1) is 13.5. The highest BCUT2D eigenvalue weighted by Gasteiger charge is 2.27. The van der Waals surface area contributed by atoms with Crippen molar-refractivity contribution in [3.63, 3.8) is 0 Å². The Balaban J connectivity index is 1.99. The highest BCUT2D eigenvalue weighted by Crippen LogP contribution is 2.32. The van der Waals surface area contributed by atoms with Crippen molar-refractivity contribution in [2.45, 2.75) is 25.8 Å². The second-order valence-electron chi connectivity index (χ2n) is 5.50. The molecule has 2 aromatic rings. The van der Waals surface area contributed by atoms with Crippen molar-refractivity contribution in [2.24, 2.45) is 5.92 Å². The van der Waals surface area contributed by atoms with Crippen molar-refractivity contribution >= 4 is 10.8 Å². The third-order valence-corrected chi connectivity index (χ3v) is 4.10. The van der Waals surface area contributed by atoms with Crippen LogP contribution in [0.3, 0.4) is 0 Å². The SMILES string of the molecule is CCCNC(c1cccc2cnccc12)C1CCOC1. The van der Waals surface area contributed by atoms with Crippen LogP contribution in [-0.2, 0) is 4.74 Å². The van der Waals surface area contributed by atoms with Crippen LogP contribution in [0.4, 0.5) is 0 Å². The van der Waals surface area contributed by atoms with Crippen LogP contribution in [0.25, 0.3) is 10.8 Å². The Labute approximate surface area is 120 Å². The van der Waals surface area contributed by atoms with Gasteiger partial charge in [0.1, 0.15) is 0 Å². The largest absolute Gasteiger partial charge is 0.381 e. The zero-order valence-corrected chi connectivity index (χ0v) is 12.0. The molecule has 0 amide bonds. The smallest absolute Gasteiger partial charge is 0.0513 e. The van der Waals surface area contributed by atoms with Gasteiger partial charge in [-0.3, -0.25) is 4.98 Å². The molecule has 1 aliphatic heterocycles. The van der Waals surface area contributed by atoms with Crippen LogP contribution in [-0.4, -0.2) is 24.7 Å². The number of hydrogen-bond acceptors (Lipinski definition) is 3. The lowest BCUT2D eigenvalue weighted by atomic mass is 9.89. The average molecular weight is 270 g/mol. The summed E-state index contributed by atoms with van der Waals surface area (Å²) in [6, 6.07) is 9.02. The van der Waals surface area contributed by atoms with Gasteiger partial charge in [-0.25, -0.2) is 0 Å². The molecule has 1 aromatic carbocycles. The van der Waals surface area contributed by atoms with Crippen LogP contribution in [0.5, 0.6) is 0 Å². The van der Waals surface area contributed by atoms with E-state index in [0.29, 0.717) is 12.0 Å². The van der Waals surface area contributed by atoms with E-state index in [4.69, 9.17) is 4.74 Å². The molecular formula is C17H22N2O. The standard InChI is InChI=1S/C17H22N2O/c1-2-8-19-17(14-7-10-20-12-14)16-5-3-4-13-11-18-9-6-15(13)16/h3-6,9,11,14,17,19H,2,7-8,10,12H2,1H3. The zero-order valence-electron chi connectivity index (χ0n) is 12.0. The number of aromatic nitrogens is 1. The molecule has 1 saturated heterocycles. The van der Waals surface area contributed by atoms with E-state index in [-0.39, 0.29) is 0 Å². The molecule has 3 nitrogen and oxygen atoms in total. The van der Waals surface area contributed by atoms with E-state index in [1.165, 1.54) is 16.3 Å². The lowest BCUT2D eigenvalue weighted by Gasteiger charge is -2.25. The summed E-state index contributed by atoms with van der Waals surface area (Å²) in [5.74, 6) is 0.570. The van der Waals surface area contributed by atoms with Gasteiger partial charge in [-0.05, 0) is 36.4 Å². The molecule has 2 unspecified atom stereocenters. The van der Waals surface area contributed by atoms with Crippen molar-refractivity contribution in [2.75, 3.05) is 19.8 Å². The summed E-state index contributed by atoms with van der Waals surface area (Å²) >= 11 is 0. The van der Waals surface area contributed by atoms with Crippen molar-refractivity contribution in [1.29, 1.82) is 0 Å². The zero-order chi connectivity index (χ0) is 13.8. The highest BCUT2D eigenvalue weighted by atomic mass is 16.5. The molecule has 0 bridgehead atoms. The van der Waals surface area contributed by atoms with E-state index in [1.54, 1.807) is 0 Å². The van der Waals surface area contributed by atoms with Gasteiger partial charge in [0.25, 0.3) is 0 Å². The second-order valence-corrected chi connectivity index (χ2v) is 5.50. The van der Waals surface area contributed by atoms with Gasteiger partial charge in [-0.15, -0.1) is 0 Å². The lowest BCUT2D eigenvalue weighted by molar-refractivity contribution is 0.177. The monoisotopic (exact) mass is 270 g/mol. The van der Waals surface area contributed by atoms with Gasteiger partial charge in [0.05, 0.1) is 6.61 Å². The number of benzene rings is 1. The Kier molecular flexibility index (Phi) is 4.28. The molecule has 20 heavy (non-hydrogen) atoms. The maximum Gasteiger partial charge on any atom is 0.0513 e. The third kappa shape index (κ3) is 2.69. The van der Waals surface area contributed by atoms with Gasteiger partial charge >= 0.3 is 0 Å². The minimum Gasteiger partial charge on any atom is -0.381 e. The summed E-state index contributed by atoms with van der Waals surface area (Å²) in [5, 5.41) is 6.24. The van der Waals surface area contributed by atoms with Gasteiger partial charge in [-0.2, -0.15) is 0 Å². The molecule has 3 rings (SSSR count). The van der Waals surface area contributed by atoms with Crippen LogP contribution in [0.15, 0.2) is 36.7 Å². The van der Waals surface area contributed by atoms with Gasteiger partial charge < -0.3 is 10.1 Å². The molecule has 1 aromatic heterocycles. The van der Waals surface area contributed by atoms with Gasteiger partial charge in [-0.1, -0.05) is 25.1 Å². The first-order valence-electron chi connectivity index (χ1n) is 7.54. The molecule has 3 heteroatoms. The van der Waals surface area contributed by atoms with Crippen molar-refractivity contribution in [3.05, 3.63) is 42.2 Å². The van der Waals surface area contributed by atoms with Crippen LogP contribution in [0, 0.1) is 5.92 Å². The quantitative estimate of drug-likeness (QED) is 0.905. The number of rotatable bonds is 5. The van der Waals surface area contributed by atoms with Gasteiger partial charge in [0.2, 0.25) is 0 Å². The molecule has 0 radical (unpaired) electrons. The average Bonchev–Trinajstić information content (AvgIpc) is 3.02. The minimum atomic E-state index is 0.378. The second kappa shape index (κ2) is 6.33. The predicted molar refractivity (Wildman–Crippen MR) is 81.7 cm³/mol. The summed E-state index contributed by atoms with van der Waals surface area (Å²) in [7, 11) is 0. The number of ether oxygens (including phenoxy) is 1. The summed E-state index contributed by atoms with van der Waals surface area (Å²) in [5.41, 5.74) is 1.38. The van der Waals surface area contributed by atoms with Gasteiger partial charge in [0, 0.05) is 36.3 Å².